The molecular weight excluding hydrogens is 479 g/mol. The lowest BCUT2D eigenvalue weighted by Crippen LogP contribution is -2.44. The molecule has 198 valence electrons. The maximum Gasteiger partial charge on any atom is 0.414 e. The molecule has 2 saturated heterocycles. The van der Waals surface area contributed by atoms with Crippen LogP contribution in [0.2, 0.25) is 0 Å². The molecule has 4 rings (SSSR count). The zero-order valence-electron chi connectivity index (χ0n) is 21.1. The number of Topliss-reactive ketones (excluding diaryl/α,β-unsaturated/α-hetero) is 1. The van der Waals surface area contributed by atoms with Crippen molar-refractivity contribution in [3.05, 3.63) is 53.8 Å². The Morgan fingerprint density at radius 1 is 1.19 bits per heavy atom. The van der Waals surface area contributed by atoms with Gasteiger partial charge >= 0.3 is 12.2 Å². The van der Waals surface area contributed by atoms with Gasteiger partial charge in [0, 0.05) is 31.2 Å². The van der Waals surface area contributed by atoms with Gasteiger partial charge in [0.25, 0.3) is 0 Å². The Hall–Kier alpha value is -3.50. The molecule has 2 fully saturated rings. The highest BCUT2D eigenvalue weighted by molar-refractivity contribution is 5.92. The monoisotopic (exact) mass is 512 g/mol. The van der Waals surface area contributed by atoms with E-state index < -0.39 is 24.1 Å². The summed E-state index contributed by atoms with van der Waals surface area (Å²) in [5.74, 6) is -0.747. The van der Waals surface area contributed by atoms with Crippen molar-refractivity contribution in [2.45, 2.75) is 51.4 Å². The maximum absolute atomic E-state index is 15.0. The summed E-state index contributed by atoms with van der Waals surface area (Å²) in [5, 5.41) is 3.53. The molecule has 0 bridgehead atoms. The number of hydrogen-bond acceptors (Lipinski definition) is 7. The molecular formula is C27H33FN4O5. The van der Waals surface area contributed by atoms with E-state index >= 15 is 4.39 Å². The van der Waals surface area contributed by atoms with Gasteiger partial charge in [0.2, 0.25) is 0 Å². The number of carbonyl (C=O) groups is 3. The highest BCUT2D eigenvalue weighted by atomic mass is 19.1. The van der Waals surface area contributed by atoms with E-state index in [0.29, 0.717) is 43.5 Å². The van der Waals surface area contributed by atoms with Crippen molar-refractivity contribution in [1.82, 2.24) is 10.2 Å². The summed E-state index contributed by atoms with van der Waals surface area (Å²) in [6.45, 7) is 5.62. The Morgan fingerprint density at radius 2 is 1.89 bits per heavy atom. The van der Waals surface area contributed by atoms with Gasteiger partial charge in [-0.3, -0.25) is 9.69 Å². The fourth-order valence-electron chi connectivity index (χ4n) is 4.60. The highest BCUT2D eigenvalue weighted by Crippen LogP contribution is 2.30. The van der Waals surface area contributed by atoms with Crippen LogP contribution in [0.4, 0.5) is 19.7 Å². The minimum atomic E-state index is -0.913. The summed E-state index contributed by atoms with van der Waals surface area (Å²) >= 11 is 0. The lowest BCUT2D eigenvalue weighted by atomic mass is 10.0. The molecule has 1 unspecified atom stereocenters. The van der Waals surface area contributed by atoms with E-state index in [-0.39, 0.29) is 18.4 Å². The van der Waals surface area contributed by atoms with Crippen molar-refractivity contribution >= 4 is 23.7 Å². The van der Waals surface area contributed by atoms with Gasteiger partial charge in [-0.2, -0.15) is 0 Å². The SMILES string of the molecule is CCOC(=O)N1CCC(NCc2ccc(-c3ccc(N4CC([C@H](N)C(C)=O)OC4=O)cc3F)cc2)CC1. The number of halogens is 1. The lowest BCUT2D eigenvalue weighted by Gasteiger charge is -2.31. The molecule has 2 aromatic rings. The van der Waals surface area contributed by atoms with Gasteiger partial charge in [-0.1, -0.05) is 24.3 Å². The first-order chi connectivity index (χ1) is 17.8. The van der Waals surface area contributed by atoms with Crippen LogP contribution in [0.3, 0.4) is 0 Å². The Labute approximate surface area is 215 Å². The number of nitrogens with one attached hydrogen (secondary N) is 1. The molecule has 10 heteroatoms. The number of rotatable bonds is 8. The van der Waals surface area contributed by atoms with Gasteiger partial charge in [0.05, 0.1) is 18.8 Å². The van der Waals surface area contributed by atoms with Crippen LogP contribution in [0.5, 0.6) is 0 Å². The van der Waals surface area contributed by atoms with E-state index in [1.807, 2.05) is 24.3 Å². The number of anilines is 1. The molecule has 37 heavy (non-hydrogen) atoms. The van der Waals surface area contributed by atoms with E-state index in [4.69, 9.17) is 15.2 Å². The second kappa shape index (κ2) is 11.7. The van der Waals surface area contributed by atoms with E-state index in [0.717, 1.165) is 24.0 Å². The van der Waals surface area contributed by atoms with Crippen LogP contribution >= 0.6 is 0 Å². The zero-order valence-corrected chi connectivity index (χ0v) is 21.1. The number of ether oxygens (including phenoxy) is 2. The Morgan fingerprint density at radius 3 is 2.51 bits per heavy atom. The number of benzene rings is 2. The molecule has 2 amide bonds. The molecule has 2 aliphatic heterocycles. The molecule has 2 heterocycles. The van der Waals surface area contributed by atoms with E-state index in [9.17, 15) is 14.4 Å². The minimum absolute atomic E-state index is 0.0852. The lowest BCUT2D eigenvalue weighted by molar-refractivity contribution is -0.120. The molecule has 2 atom stereocenters. The second-order valence-corrected chi connectivity index (χ2v) is 9.37. The third-order valence-corrected chi connectivity index (χ3v) is 6.85. The first-order valence-electron chi connectivity index (χ1n) is 12.5. The van der Waals surface area contributed by atoms with Gasteiger partial charge in [-0.05, 0) is 56.0 Å². The number of nitrogens with zero attached hydrogens (tertiary/aromatic N) is 2. The smallest absolute Gasteiger partial charge is 0.414 e. The third-order valence-electron chi connectivity index (χ3n) is 6.85. The summed E-state index contributed by atoms with van der Waals surface area (Å²) < 4.78 is 25.3. The van der Waals surface area contributed by atoms with Crippen LogP contribution in [-0.2, 0) is 20.8 Å². The molecule has 0 aromatic heterocycles. The number of piperidine rings is 1. The quantitative estimate of drug-likeness (QED) is 0.557. The first-order valence-corrected chi connectivity index (χ1v) is 12.5. The van der Waals surface area contributed by atoms with Crippen LogP contribution in [-0.4, -0.2) is 67.3 Å². The Balaban J connectivity index is 1.32. The number of likely N-dealkylation sites (tertiary alicyclic amines) is 1. The van der Waals surface area contributed by atoms with Crippen LogP contribution in [0, 0.1) is 5.82 Å². The normalized spacial score (nSPS) is 19.0. The van der Waals surface area contributed by atoms with Gasteiger partial charge in [0.1, 0.15) is 23.7 Å². The predicted molar refractivity (Wildman–Crippen MR) is 137 cm³/mol. The summed E-state index contributed by atoms with van der Waals surface area (Å²) in [4.78, 5) is 38.6. The molecule has 0 aliphatic carbocycles. The highest BCUT2D eigenvalue weighted by Gasteiger charge is 2.38. The van der Waals surface area contributed by atoms with Gasteiger partial charge in [-0.15, -0.1) is 0 Å². The van der Waals surface area contributed by atoms with Crippen molar-refractivity contribution < 1.29 is 28.2 Å². The van der Waals surface area contributed by atoms with Crippen LogP contribution in [0.25, 0.3) is 11.1 Å². The fraction of sp³-hybridized carbons (Fsp3) is 0.444. The molecule has 2 aliphatic rings. The van der Waals surface area contributed by atoms with Crippen molar-refractivity contribution in [3.63, 3.8) is 0 Å². The van der Waals surface area contributed by atoms with Crippen molar-refractivity contribution in [2.75, 3.05) is 31.1 Å². The van der Waals surface area contributed by atoms with Crippen molar-refractivity contribution in [1.29, 1.82) is 0 Å². The van der Waals surface area contributed by atoms with E-state index in [1.54, 1.807) is 24.0 Å². The van der Waals surface area contributed by atoms with Crippen LogP contribution in [0.1, 0.15) is 32.3 Å². The molecule has 9 nitrogen and oxygen atoms in total. The van der Waals surface area contributed by atoms with Crippen LogP contribution in [0.15, 0.2) is 42.5 Å². The number of nitrogens with two attached hydrogens (primary N) is 1. The number of hydrogen-bond donors (Lipinski definition) is 2. The van der Waals surface area contributed by atoms with Crippen LogP contribution < -0.4 is 16.0 Å². The number of carbonyl (C=O) groups excluding carboxylic acids is 3. The molecule has 3 N–H and O–H groups in total. The Kier molecular flexibility index (Phi) is 8.40. The van der Waals surface area contributed by atoms with Gasteiger partial charge in [0.15, 0.2) is 0 Å². The molecule has 0 saturated carbocycles. The van der Waals surface area contributed by atoms with Crippen molar-refractivity contribution in [2.24, 2.45) is 5.73 Å². The number of amides is 2. The van der Waals surface area contributed by atoms with Gasteiger partial charge < -0.3 is 25.4 Å². The number of cyclic esters (lactones) is 1. The molecule has 0 spiro atoms. The standard InChI is InChI=1S/C27H33FN4O5/c1-3-36-26(34)31-12-10-20(11-13-31)30-15-18-4-6-19(7-5-18)22-9-8-21(14-23(22)28)32-16-24(37-27(32)35)25(29)17(2)33/h4-9,14,20,24-25,30H,3,10-13,15-16,29H2,1-2H3/t24?,25-/m1/s1. The molecule has 2 aromatic carbocycles. The topological polar surface area (TPSA) is 114 Å². The molecule has 0 radical (unpaired) electrons. The van der Waals surface area contributed by atoms with E-state index in [2.05, 4.69) is 5.32 Å². The Bertz CT molecular complexity index is 1130. The van der Waals surface area contributed by atoms with E-state index in [1.165, 1.54) is 17.9 Å². The third kappa shape index (κ3) is 6.26. The predicted octanol–water partition coefficient (Wildman–Crippen LogP) is 3.44. The summed E-state index contributed by atoms with van der Waals surface area (Å²) in [6, 6.07) is 11.6. The summed E-state index contributed by atoms with van der Waals surface area (Å²) in [5.41, 5.74) is 8.36. The van der Waals surface area contributed by atoms with Crippen molar-refractivity contribution in [3.8, 4) is 11.1 Å². The fourth-order valence-corrected chi connectivity index (χ4v) is 4.60. The average Bonchev–Trinajstić information content (AvgIpc) is 3.29. The maximum atomic E-state index is 15.0. The zero-order chi connectivity index (χ0) is 26.5. The summed E-state index contributed by atoms with van der Waals surface area (Å²) in [6.07, 6.45) is 0.0517. The average molecular weight is 513 g/mol. The largest absolute Gasteiger partial charge is 0.450 e. The summed E-state index contributed by atoms with van der Waals surface area (Å²) in [7, 11) is 0. The first kappa shape index (κ1) is 26.6. The minimum Gasteiger partial charge on any atom is -0.450 e. The second-order valence-electron chi connectivity index (χ2n) is 9.37. The van der Waals surface area contributed by atoms with Gasteiger partial charge in [-0.25, -0.2) is 14.0 Å². The number of ketones is 1.